The lowest BCUT2D eigenvalue weighted by Crippen LogP contribution is -2.37. The van der Waals surface area contributed by atoms with Gasteiger partial charge in [0.1, 0.15) is 0 Å². The van der Waals surface area contributed by atoms with Gasteiger partial charge in [0, 0.05) is 50.9 Å². The maximum Gasteiger partial charge on any atom is 0.227 e. The predicted octanol–water partition coefficient (Wildman–Crippen LogP) is 3.76. The molecule has 26 heavy (non-hydrogen) atoms. The topological polar surface area (TPSA) is 52.7 Å². The zero-order valence-electron chi connectivity index (χ0n) is 16.6. The fourth-order valence-electron chi connectivity index (χ4n) is 3.51. The van der Waals surface area contributed by atoms with Crippen molar-refractivity contribution in [3.63, 3.8) is 0 Å². The van der Waals surface area contributed by atoms with Crippen LogP contribution in [0.5, 0.6) is 0 Å². The summed E-state index contributed by atoms with van der Waals surface area (Å²) in [6.07, 6.45) is 5.35. The van der Waals surface area contributed by atoms with E-state index < -0.39 is 0 Å². The second kappa shape index (κ2) is 9.60. The molecule has 1 N–H and O–H groups in total. The number of nitrogens with one attached hydrogen (secondary N) is 1. The normalized spacial score (nSPS) is 19.7. The van der Waals surface area contributed by atoms with E-state index in [9.17, 15) is 9.59 Å². The molecule has 1 fully saturated rings. The fourth-order valence-corrected chi connectivity index (χ4v) is 3.51. The summed E-state index contributed by atoms with van der Waals surface area (Å²) in [5.74, 6) is 0.415. The van der Waals surface area contributed by atoms with Crippen molar-refractivity contribution in [2.75, 3.05) is 37.9 Å². The van der Waals surface area contributed by atoms with Crippen LogP contribution < -0.4 is 10.2 Å². The average molecular weight is 360 g/mol. The zero-order chi connectivity index (χ0) is 19.1. The third kappa shape index (κ3) is 5.48. The van der Waals surface area contributed by atoms with Gasteiger partial charge in [0.25, 0.3) is 0 Å². The minimum absolute atomic E-state index is 0.00789. The van der Waals surface area contributed by atoms with Gasteiger partial charge in [0.2, 0.25) is 11.8 Å². The summed E-state index contributed by atoms with van der Waals surface area (Å²) in [5, 5.41) is 3.02. The number of hydrogen-bond donors (Lipinski definition) is 1. The van der Waals surface area contributed by atoms with Gasteiger partial charge >= 0.3 is 0 Å². The highest BCUT2D eigenvalue weighted by molar-refractivity contribution is 5.93. The van der Waals surface area contributed by atoms with Crippen LogP contribution >= 0.6 is 0 Å². The molecule has 2 amide bonds. The largest absolute Gasteiger partial charge is 0.378 e. The van der Waals surface area contributed by atoms with Crippen LogP contribution in [0.3, 0.4) is 0 Å². The van der Waals surface area contributed by atoms with E-state index in [0.717, 1.165) is 56.4 Å². The first-order valence-electron chi connectivity index (χ1n) is 9.75. The highest BCUT2D eigenvalue weighted by atomic mass is 16.2. The van der Waals surface area contributed by atoms with E-state index in [1.54, 1.807) is 0 Å². The van der Waals surface area contributed by atoms with E-state index in [4.69, 9.17) is 0 Å². The molecule has 0 bridgehead atoms. The molecular weight excluding hydrogens is 326 g/mol. The summed E-state index contributed by atoms with van der Waals surface area (Å²) >= 11 is 0. The molecule has 5 heteroatoms. The third-order valence-electron chi connectivity index (χ3n) is 5.32. The molecule has 0 aliphatic heterocycles. The van der Waals surface area contributed by atoms with Crippen LogP contribution in [-0.4, -0.2) is 44.4 Å². The van der Waals surface area contributed by atoms with Crippen molar-refractivity contribution in [3.05, 3.63) is 24.3 Å². The van der Waals surface area contributed by atoms with Gasteiger partial charge in [-0.15, -0.1) is 0 Å². The van der Waals surface area contributed by atoms with E-state index in [1.807, 2.05) is 55.2 Å². The Bertz CT molecular complexity index is 590. The standard InChI is InChI=1S/C21H33N3O2/c1-5-6-15-24(4)21(26)17-9-7-16(8-10-17)20(25)22-18-11-13-19(14-12-18)23(2)3/h11-14,16-17H,5-10,15H2,1-4H3,(H,22,25). The van der Waals surface area contributed by atoms with Crippen LogP contribution in [-0.2, 0) is 9.59 Å². The molecule has 5 nitrogen and oxygen atoms in total. The minimum Gasteiger partial charge on any atom is -0.378 e. The van der Waals surface area contributed by atoms with Crippen LogP contribution in [0.4, 0.5) is 11.4 Å². The lowest BCUT2D eigenvalue weighted by atomic mass is 9.81. The summed E-state index contributed by atoms with van der Waals surface area (Å²) in [7, 11) is 5.88. The molecule has 144 valence electrons. The summed E-state index contributed by atoms with van der Waals surface area (Å²) in [6, 6.07) is 7.87. The second-order valence-electron chi connectivity index (χ2n) is 7.59. The fraction of sp³-hybridized carbons (Fsp3) is 0.619. The maximum absolute atomic E-state index is 12.5. The predicted molar refractivity (Wildman–Crippen MR) is 107 cm³/mol. The monoisotopic (exact) mass is 359 g/mol. The smallest absolute Gasteiger partial charge is 0.227 e. The number of anilines is 2. The van der Waals surface area contributed by atoms with Crippen molar-refractivity contribution >= 4 is 23.2 Å². The van der Waals surface area contributed by atoms with E-state index in [1.165, 1.54) is 0 Å². The maximum atomic E-state index is 12.5. The number of nitrogens with zero attached hydrogens (tertiary/aromatic N) is 2. The Balaban J connectivity index is 1.81. The number of benzene rings is 1. The molecule has 0 unspecified atom stereocenters. The molecule has 1 aromatic carbocycles. The van der Waals surface area contributed by atoms with Gasteiger partial charge in [-0.2, -0.15) is 0 Å². The van der Waals surface area contributed by atoms with Gasteiger partial charge in [0.15, 0.2) is 0 Å². The van der Waals surface area contributed by atoms with E-state index in [2.05, 4.69) is 12.2 Å². The van der Waals surface area contributed by atoms with Crippen LogP contribution in [0.1, 0.15) is 45.4 Å². The van der Waals surface area contributed by atoms with Crippen molar-refractivity contribution in [2.45, 2.75) is 45.4 Å². The molecule has 1 aliphatic rings. The summed E-state index contributed by atoms with van der Waals surface area (Å²) in [4.78, 5) is 28.9. The SMILES string of the molecule is CCCCN(C)C(=O)C1CCC(C(=O)Nc2ccc(N(C)C)cc2)CC1. The zero-order valence-corrected chi connectivity index (χ0v) is 16.6. The van der Waals surface area contributed by atoms with Crippen molar-refractivity contribution in [1.29, 1.82) is 0 Å². The van der Waals surface area contributed by atoms with Gasteiger partial charge in [-0.25, -0.2) is 0 Å². The van der Waals surface area contributed by atoms with E-state index in [-0.39, 0.29) is 23.7 Å². The Kier molecular flexibility index (Phi) is 7.49. The lowest BCUT2D eigenvalue weighted by molar-refractivity contribution is -0.136. The molecule has 0 atom stereocenters. The first-order valence-corrected chi connectivity index (χ1v) is 9.75. The summed E-state index contributed by atoms with van der Waals surface area (Å²) in [5.41, 5.74) is 1.94. The number of unbranched alkanes of at least 4 members (excludes halogenated alkanes) is 1. The Morgan fingerprint density at radius 2 is 1.58 bits per heavy atom. The quantitative estimate of drug-likeness (QED) is 0.806. The number of carbonyl (C=O) groups is 2. The summed E-state index contributed by atoms with van der Waals surface area (Å²) in [6.45, 7) is 2.97. The van der Waals surface area contributed by atoms with Gasteiger partial charge < -0.3 is 15.1 Å². The molecule has 0 heterocycles. The highest BCUT2D eigenvalue weighted by Crippen LogP contribution is 2.31. The van der Waals surface area contributed by atoms with Crippen molar-refractivity contribution in [1.82, 2.24) is 4.90 Å². The third-order valence-corrected chi connectivity index (χ3v) is 5.32. The Morgan fingerprint density at radius 3 is 2.12 bits per heavy atom. The average Bonchev–Trinajstić information content (AvgIpc) is 2.66. The molecule has 1 aliphatic carbocycles. The van der Waals surface area contributed by atoms with Gasteiger partial charge in [0.05, 0.1) is 0 Å². The number of carbonyl (C=O) groups excluding carboxylic acids is 2. The molecule has 0 radical (unpaired) electrons. The molecule has 1 aromatic rings. The first kappa shape index (κ1) is 20.3. The molecule has 1 saturated carbocycles. The van der Waals surface area contributed by atoms with Crippen LogP contribution in [0.25, 0.3) is 0 Å². The summed E-state index contributed by atoms with van der Waals surface area (Å²) < 4.78 is 0. The van der Waals surface area contributed by atoms with Gasteiger partial charge in [-0.1, -0.05) is 13.3 Å². The second-order valence-corrected chi connectivity index (χ2v) is 7.59. The molecule has 2 rings (SSSR count). The number of rotatable bonds is 7. The van der Waals surface area contributed by atoms with Crippen molar-refractivity contribution in [2.24, 2.45) is 11.8 Å². The van der Waals surface area contributed by atoms with Crippen LogP contribution in [0.2, 0.25) is 0 Å². The van der Waals surface area contributed by atoms with Gasteiger partial charge in [-0.05, 0) is 56.4 Å². The van der Waals surface area contributed by atoms with Crippen molar-refractivity contribution in [3.8, 4) is 0 Å². The van der Waals surface area contributed by atoms with Crippen LogP contribution in [0.15, 0.2) is 24.3 Å². The van der Waals surface area contributed by atoms with E-state index in [0.29, 0.717) is 0 Å². The Labute approximate surface area is 157 Å². The molecule has 0 spiro atoms. The van der Waals surface area contributed by atoms with Crippen LogP contribution in [0, 0.1) is 11.8 Å². The number of amides is 2. The minimum atomic E-state index is 0.00789. The van der Waals surface area contributed by atoms with E-state index >= 15 is 0 Å². The number of hydrogen-bond acceptors (Lipinski definition) is 3. The Morgan fingerprint density at radius 1 is 1.00 bits per heavy atom. The molecule has 0 saturated heterocycles. The highest BCUT2D eigenvalue weighted by Gasteiger charge is 2.31. The van der Waals surface area contributed by atoms with Crippen molar-refractivity contribution < 1.29 is 9.59 Å². The molecule has 0 aromatic heterocycles. The molecular formula is C21H33N3O2. The Hall–Kier alpha value is -2.04. The first-order chi connectivity index (χ1) is 12.4. The van der Waals surface area contributed by atoms with Gasteiger partial charge in [-0.3, -0.25) is 9.59 Å². The lowest BCUT2D eigenvalue weighted by Gasteiger charge is -2.30.